The molecule has 0 aliphatic carbocycles. The van der Waals surface area contributed by atoms with Crippen LogP contribution in [0.2, 0.25) is 0 Å². The van der Waals surface area contributed by atoms with E-state index in [1.165, 1.54) is 28.2 Å². The zero-order chi connectivity index (χ0) is 20.1. The van der Waals surface area contributed by atoms with Crippen molar-refractivity contribution in [1.29, 1.82) is 0 Å². The molecule has 1 aliphatic rings. The lowest BCUT2D eigenvalue weighted by molar-refractivity contribution is -0.115. The standard InChI is InChI=1S/C17H22N6O3S2/c18-14-11-15(19)22-17(21-14)27-9-6-16(24)20-12-4-3-5-13(10-12)28(25,26)23-7-1-2-8-23/h3-5,10-11H,1-2,6-9H2,(H,20,24)(H4,18,19,21,22). The minimum Gasteiger partial charge on any atom is -0.383 e. The Morgan fingerprint density at radius 3 is 2.50 bits per heavy atom. The molecule has 9 nitrogen and oxygen atoms in total. The Labute approximate surface area is 168 Å². The summed E-state index contributed by atoms with van der Waals surface area (Å²) in [5, 5.41) is 3.14. The first-order valence-electron chi connectivity index (χ1n) is 8.77. The van der Waals surface area contributed by atoms with Crippen LogP contribution in [0.5, 0.6) is 0 Å². The first-order valence-corrected chi connectivity index (χ1v) is 11.2. The molecule has 0 bridgehead atoms. The highest BCUT2D eigenvalue weighted by atomic mass is 32.2. The number of aromatic nitrogens is 2. The third-order valence-corrected chi connectivity index (χ3v) is 6.87. The van der Waals surface area contributed by atoms with Gasteiger partial charge >= 0.3 is 0 Å². The summed E-state index contributed by atoms with van der Waals surface area (Å²) in [4.78, 5) is 20.4. The van der Waals surface area contributed by atoms with E-state index >= 15 is 0 Å². The molecule has 11 heteroatoms. The van der Waals surface area contributed by atoms with Gasteiger partial charge in [0, 0.05) is 37.0 Å². The first-order chi connectivity index (χ1) is 13.3. The second-order valence-corrected chi connectivity index (χ2v) is 9.29. The van der Waals surface area contributed by atoms with Crippen molar-refractivity contribution >= 4 is 45.0 Å². The molecule has 1 amide bonds. The predicted molar refractivity (Wildman–Crippen MR) is 109 cm³/mol. The average molecular weight is 423 g/mol. The number of hydrogen-bond acceptors (Lipinski definition) is 8. The third-order valence-electron chi connectivity index (χ3n) is 4.13. The second kappa shape index (κ2) is 8.76. The van der Waals surface area contributed by atoms with E-state index in [1.807, 2.05) is 0 Å². The van der Waals surface area contributed by atoms with Crippen molar-refractivity contribution in [3.05, 3.63) is 30.3 Å². The maximum Gasteiger partial charge on any atom is 0.243 e. The van der Waals surface area contributed by atoms with E-state index < -0.39 is 10.0 Å². The number of benzene rings is 1. The minimum absolute atomic E-state index is 0.185. The van der Waals surface area contributed by atoms with Gasteiger partial charge in [0.1, 0.15) is 11.6 Å². The van der Waals surface area contributed by atoms with Crippen molar-refractivity contribution in [3.8, 4) is 0 Å². The van der Waals surface area contributed by atoms with Crippen molar-refractivity contribution in [2.24, 2.45) is 0 Å². The lowest BCUT2D eigenvalue weighted by Crippen LogP contribution is -2.27. The highest BCUT2D eigenvalue weighted by Crippen LogP contribution is 2.23. The van der Waals surface area contributed by atoms with Gasteiger partial charge in [-0.2, -0.15) is 4.31 Å². The van der Waals surface area contributed by atoms with E-state index in [0.29, 0.717) is 29.7 Å². The average Bonchev–Trinajstić information content (AvgIpc) is 3.16. The summed E-state index contributed by atoms with van der Waals surface area (Å²) in [6, 6.07) is 7.77. The monoisotopic (exact) mass is 422 g/mol. The number of nitrogens with one attached hydrogen (secondary N) is 1. The van der Waals surface area contributed by atoms with Gasteiger partial charge in [-0.05, 0) is 31.0 Å². The molecule has 5 N–H and O–H groups in total. The lowest BCUT2D eigenvalue weighted by Gasteiger charge is -2.16. The number of anilines is 3. The van der Waals surface area contributed by atoms with Crippen molar-refractivity contribution in [1.82, 2.24) is 14.3 Å². The predicted octanol–water partition coefficient (Wildman–Crippen LogP) is 1.55. The summed E-state index contributed by atoms with van der Waals surface area (Å²) in [5.74, 6) is 0.742. The lowest BCUT2D eigenvalue weighted by atomic mass is 10.3. The molecule has 0 unspecified atom stereocenters. The molecule has 0 atom stereocenters. The van der Waals surface area contributed by atoms with Crippen LogP contribution in [0.1, 0.15) is 19.3 Å². The largest absolute Gasteiger partial charge is 0.383 e. The molecule has 150 valence electrons. The van der Waals surface area contributed by atoms with Crippen LogP contribution in [0, 0.1) is 0 Å². The van der Waals surface area contributed by atoms with Gasteiger partial charge in [-0.3, -0.25) is 4.79 Å². The van der Waals surface area contributed by atoms with E-state index in [2.05, 4.69) is 15.3 Å². The number of carbonyl (C=O) groups is 1. The highest BCUT2D eigenvalue weighted by Gasteiger charge is 2.27. The Hall–Kier alpha value is -2.37. The number of thioether (sulfide) groups is 1. The quantitative estimate of drug-likeness (QED) is 0.450. The van der Waals surface area contributed by atoms with Gasteiger partial charge in [-0.25, -0.2) is 18.4 Å². The smallest absolute Gasteiger partial charge is 0.243 e. The molecule has 1 aromatic heterocycles. The number of nitrogen functional groups attached to an aromatic ring is 2. The second-order valence-electron chi connectivity index (χ2n) is 6.29. The van der Waals surface area contributed by atoms with Crippen LogP contribution in [-0.2, 0) is 14.8 Å². The molecule has 2 heterocycles. The summed E-state index contributed by atoms with van der Waals surface area (Å²) in [7, 11) is -3.52. The van der Waals surface area contributed by atoms with E-state index in [-0.39, 0.29) is 28.9 Å². The van der Waals surface area contributed by atoms with Gasteiger partial charge in [0.15, 0.2) is 5.16 Å². The number of nitrogens with two attached hydrogens (primary N) is 2. The van der Waals surface area contributed by atoms with E-state index in [4.69, 9.17) is 11.5 Å². The zero-order valence-corrected chi connectivity index (χ0v) is 16.8. The van der Waals surface area contributed by atoms with Crippen LogP contribution in [-0.4, -0.2) is 47.4 Å². The van der Waals surface area contributed by atoms with Crippen molar-refractivity contribution in [3.63, 3.8) is 0 Å². The number of amides is 1. The number of sulfonamides is 1. The highest BCUT2D eigenvalue weighted by molar-refractivity contribution is 7.99. The summed E-state index contributed by atoms with van der Waals surface area (Å²) in [6.07, 6.45) is 1.94. The fourth-order valence-corrected chi connectivity index (χ4v) is 5.17. The zero-order valence-electron chi connectivity index (χ0n) is 15.2. The Bertz CT molecular complexity index is 941. The van der Waals surface area contributed by atoms with E-state index in [0.717, 1.165) is 12.8 Å². The van der Waals surface area contributed by atoms with Gasteiger partial charge in [0.05, 0.1) is 4.90 Å². The van der Waals surface area contributed by atoms with Gasteiger partial charge in [0.2, 0.25) is 15.9 Å². The van der Waals surface area contributed by atoms with Gasteiger partial charge in [-0.15, -0.1) is 0 Å². The van der Waals surface area contributed by atoms with Crippen molar-refractivity contribution in [2.45, 2.75) is 29.3 Å². The van der Waals surface area contributed by atoms with Crippen LogP contribution in [0.15, 0.2) is 40.4 Å². The molecule has 0 saturated carbocycles. The Kier molecular flexibility index (Phi) is 6.37. The molecule has 1 saturated heterocycles. The Morgan fingerprint density at radius 2 is 1.82 bits per heavy atom. The summed E-state index contributed by atoms with van der Waals surface area (Å²) in [5.41, 5.74) is 11.7. The Balaban J connectivity index is 1.57. The van der Waals surface area contributed by atoms with Gasteiger partial charge < -0.3 is 16.8 Å². The maximum atomic E-state index is 12.6. The van der Waals surface area contributed by atoms with Gasteiger partial charge in [0.25, 0.3) is 0 Å². The van der Waals surface area contributed by atoms with Crippen LogP contribution in [0.3, 0.4) is 0 Å². The van der Waals surface area contributed by atoms with Gasteiger partial charge in [-0.1, -0.05) is 17.8 Å². The minimum atomic E-state index is -3.52. The normalized spacial score (nSPS) is 14.9. The molecule has 0 spiro atoms. The van der Waals surface area contributed by atoms with Crippen LogP contribution >= 0.6 is 11.8 Å². The van der Waals surface area contributed by atoms with Crippen molar-refractivity contribution < 1.29 is 13.2 Å². The SMILES string of the molecule is Nc1cc(N)nc(SCCC(=O)Nc2cccc(S(=O)(=O)N3CCCC3)c2)n1. The molecular formula is C17H22N6O3S2. The summed E-state index contributed by atoms with van der Waals surface area (Å²) < 4.78 is 26.7. The molecule has 1 fully saturated rings. The molecular weight excluding hydrogens is 400 g/mol. The molecule has 1 aromatic carbocycles. The summed E-state index contributed by atoms with van der Waals surface area (Å²) in [6.45, 7) is 1.07. The molecule has 28 heavy (non-hydrogen) atoms. The van der Waals surface area contributed by atoms with Crippen LogP contribution in [0.25, 0.3) is 0 Å². The Morgan fingerprint density at radius 1 is 1.14 bits per heavy atom. The number of carbonyl (C=O) groups excluding carboxylic acids is 1. The number of hydrogen-bond donors (Lipinski definition) is 3. The molecule has 2 aromatic rings. The van der Waals surface area contributed by atoms with Crippen LogP contribution < -0.4 is 16.8 Å². The fraction of sp³-hybridized carbons (Fsp3) is 0.353. The molecule has 0 radical (unpaired) electrons. The first kappa shape index (κ1) is 20.4. The maximum absolute atomic E-state index is 12.6. The third kappa shape index (κ3) is 5.12. The van der Waals surface area contributed by atoms with Crippen LogP contribution in [0.4, 0.5) is 17.3 Å². The summed E-state index contributed by atoms with van der Waals surface area (Å²) >= 11 is 1.27. The van der Waals surface area contributed by atoms with E-state index in [9.17, 15) is 13.2 Å². The topological polar surface area (TPSA) is 144 Å². The molecule has 3 rings (SSSR count). The van der Waals surface area contributed by atoms with Crippen molar-refractivity contribution in [2.75, 3.05) is 35.6 Å². The molecule has 1 aliphatic heterocycles. The fourth-order valence-electron chi connectivity index (χ4n) is 2.80. The number of nitrogens with zero attached hydrogens (tertiary/aromatic N) is 3. The van der Waals surface area contributed by atoms with E-state index in [1.54, 1.807) is 18.2 Å². The number of rotatable bonds is 7.